The fourth-order valence-electron chi connectivity index (χ4n) is 3.19. The van der Waals surface area contributed by atoms with E-state index in [0.29, 0.717) is 0 Å². The molecule has 2 aromatic carbocycles. The smallest absolute Gasteiger partial charge is 0.207 e. The van der Waals surface area contributed by atoms with E-state index in [4.69, 9.17) is 46.4 Å². The number of hydrogen-bond acceptors (Lipinski definition) is 0. The van der Waals surface area contributed by atoms with Crippen LogP contribution >= 0.6 is 46.4 Å². The first-order valence-electron chi connectivity index (χ1n) is 8.84. The molecule has 0 aliphatic carbocycles. The van der Waals surface area contributed by atoms with Gasteiger partial charge >= 0.3 is 12.4 Å². The van der Waals surface area contributed by atoms with Crippen LogP contribution in [0, 0.1) is 11.6 Å². The standard InChI is InChI=1S/C20H14Cl4F8/c21-17(22,19(27,28)29)9-15(11-1-5-13(25)6-2-11)16(10-18(23,24)20(30,31)32)12-3-7-14(26)8-4-12/h1-8,15-16H,9-10H2. The first-order chi connectivity index (χ1) is 14.4. The van der Waals surface area contributed by atoms with Crippen molar-refractivity contribution in [2.24, 2.45) is 0 Å². The van der Waals surface area contributed by atoms with Crippen LogP contribution in [0.5, 0.6) is 0 Å². The van der Waals surface area contributed by atoms with Crippen LogP contribution < -0.4 is 0 Å². The summed E-state index contributed by atoms with van der Waals surface area (Å²) in [4.78, 5) is 0. The summed E-state index contributed by atoms with van der Waals surface area (Å²) in [5.74, 6) is -4.39. The van der Waals surface area contributed by atoms with Crippen molar-refractivity contribution in [1.29, 1.82) is 0 Å². The minimum atomic E-state index is -5.15. The third kappa shape index (κ3) is 6.55. The molecule has 2 unspecified atom stereocenters. The lowest BCUT2D eigenvalue weighted by molar-refractivity contribution is -0.148. The van der Waals surface area contributed by atoms with E-state index < -0.39 is 57.3 Å². The Morgan fingerprint density at radius 2 is 0.781 bits per heavy atom. The Bertz CT molecular complexity index is 814. The van der Waals surface area contributed by atoms with E-state index in [2.05, 4.69) is 0 Å². The highest BCUT2D eigenvalue weighted by Crippen LogP contribution is 2.54. The molecule has 2 aromatic rings. The van der Waals surface area contributed by atoms with Gasteiger partial charge in [-0.25, -0.2) is 8.78 Å². The van der Waals surface area contributed by atoms with E-state index in [1.165, 1.54) is 0 Å². The zero-order chi connectivity index (χ0) is 24.5. The van der Waals surface area contributed by atoms with Crippen molar-refractivity contribution in [3.8, 4) is 0 Å². The summed E-state index contributed by atoms with van der Waals surface area (Å²) in [6, 6.07) is 8.03. The predicted molar refractivity (Wildman–Crippen MR) is 109 cm³/mol. The minimum Gasteiger partial charge on any atom is -0.207 e. The Balaban J connectivity index is 2.66. The molecule has 2 atom stereocenters. The van der Waals surface area contributed by atoms with E-state index in [-0.39, 0.29) is 11.1 Å². The molecule has 0 aromatic heterocycles. The summed E-state index contributed by atoms with van der Waals surface area (Å²) in [5.41, 5.74) is 0.00363. The number of rotatable bonds is 7. The van der Waals surface area contributed by atoms with E-state index in [1.54, 1.807) is 0 Å². The van der Waals surface area contributed by atoms with Gasteiger partial charge in [0.2, 0.25) is 8.67 Å². The van der Waals surface area contributed by atoms with Gasteiger partial charge in [0.15, 0.2) is 0 Å². The van der Waals surface area contributed by atoms with Crippen LogP contribution in [-0.2, 0) is 0 Å². The maximum Gasteiger partial charge on any atom is 0.421 e. The van der Waals surface area contributed by atoms with Gasteiger partial charge in [0.25, 0.3) is 0 Å². The fourth-order valence-corrected chi connectivity index (χ4v) is 3.85. The zero-order valence-electron chi connectivity index (χ0n) is 15.7. The fraction of sp³-hybridized carbons (Fsp3) is 0.400. The molecule has 0 aliphatic rings. The second-order valence-corrected chi connectivity index (χ2v) is 10.1. The van der Waals surface area contributed by atoms with Crippen molar-refractivity contribution in [1.82, 2.24) is 0 Å². The normalized spacial score (nSPS) is 15.5. The Labute approximate surface area is 198 Å². The van der Waals surface area contributed by atoms with Gasteiger partial charge in [-0.15, -0.1) is 0 Å². The molecule has 178 valence electrons. The molecule has 0 nitrogen and oxygen atoms in total. The molecule has 0 saturated heterocycles. The highest BCUT2D eigenvalue weighted by molar-refractivity contribution is 6.49. The van der Waals surface area contributed by atoms with Crippen molar-refractivity contribution < 1.29 is 35.1 Å². The molecule has 0 heterocycles. The van der Waals surface area contributed by atoms with Crippen molar-refractivity contribution >= 4 is 46.4 Å². The quantitative estimate of drug-likeness (QED) is 0.239. The van der Waals surface area contributed by atoms with Crippen LogP contribution in [-0.4, -0.2) is 21.0 Å². The van der Waals surface area contributed by atoms with Gasteiger partial charge in [0.05, 0.1) is 0 Å². The van der Waals surface area contributed by atoms with Crippen LogP contribution in [0.2, 0.25) is 0 Å². The lowest BCUT2D eigenvalue weighted by Crippen LogP contribution is -2.39. The van der Waals surface area contributed by atoms with Crippen molar-refractivity contribution in [2.75, 3.05) is 0 Å². The predicted octanol–water partition coefficient (Wildman–Crippen LogP) is 9.08. The van der Waals surface area contributed by atoms with Crippen molar-refractivity contribution in [2.45, 2.75) is 45.7 Å². The average Bonchev–Trinajstić information content (AvgIpc) is 2.64. The Morgan fingerprint density at radius 3 is 1.00 bits per heavy atom. The molecule has 0 fully saturated rings. The molecular weight excluding hydrogens is 534 g/mol. The van der Waals surface area contributed by atoms with Gasteiger partial charge in [-0.1, -0.05) is 70.7 Å². The molecular formula is C20H14Cl4F8. The Hall–Kier alpha value is -0.960. The molecule has 2 rings (SSSR count). The third-order valence-electron chi connectivity index (χ3n) is 4.86. The summed E-state index contributed by atoms with van der Waals surface area (Å²) < 4.78 is 101. The number of hydrogen-bond donors (Lipinski definition) is 0. The van der Waals surface area contributed by atoms with Crippen molar-refractivity contribution in [3.05, 3.63) is 71.3 Å². The lowest BCUT2D eigenvalue weighted by atomic mass is 9.76. The second kappa shape index (κ2) is 9.72. The maximum absolute atomic E-state index is 13.4. The molecule has 32 heavy (non-hydrogen) atoms. The summed E-state index contributed by atoms with van der Waals surface area (Å²) in [6.45, 7) is 0. The number of halogens is 12. The summed E-state index contributed by atoms with van der Waals surface area (Å²) in [7, 11) is 0. The van der Waals surface area contributed by atoms with Gasteiger partial charge in [-0.3, -0.25) is 0 Å². The molecule has 0 bridgehead atoms. The summed E-state index contributed by atoms with van der Waals surface area (Å²) in [5, 5.41) is 0. The van der Waals surface area contributed by atoms with Gasteiger partial charge in [-0.05, 0) is 60.1 Å². The van der Waals surface area contributed by atoms with Gasteiger partial charge < -0.3 is 0 Å². The van der Waals surface area contributed by atoms with Crippen LogP contribution in [0.25, 0.3) is 0 Å². The molecule has 0 aliphatic heterocycles. The molecule has 0 amide bonds. The Kier molecular flexibility index (Phi) is 8.29. The van der Waals surface area contributed by atoms with Gasteiger partial charge in [-0.2, -0.15) is 26.3 Å². The third-order valence-corrected chi connectivity index (χ3v) is 6.34. The van der Waals surface area contributed by atoms with Crippen LogP contribution in [0.1, 0.15) is 35.8 Å². The molecule has 12 heteroatoms. The van der Waals surface area contributed by atoms with Crippen LogP contribution in [0.3, 0.4) is 0 Å². The largest absolute Gasteiger partial charge is 0.421 e. The zero-order valence-corrected chi connectivity index (χ0v) is 18.7. The first kappa shape index (κ1) is 27.3. The Morgan fingerprint density at radius 1 is 0.531 bits per heavy atom. The highest BCUT2D eigenvalue weighted by atomic mass is 35.5. The monoisotopic (exact) mass is 546 g/mol. The minimum absolute atomic E-state index is 0.00181. The SMILES string of the molecule is Fc1ccc(C(CC(Cl)(Cl)C(F)(F)F)C(CC(Cl)(Cl)C(F)(F)F)c2ccc(F)cc2)cc1. The molecule has 0 saturated carbocycles. The molecule has 0 radical (unpaired) electrons. The second-order valence-electron chi connectivity index (χ2n) is 7.13. The molecule has 0 spiro atoms. The van der Waals surface area contributed by atoms with Gasteiger partial charge in [0.1, 0.15) is 11.6 Å². The van der Waals surface area contributed by atoms with E-state index in [9.17, 15) is 35.1 Å². The summed E-state index contributed by atoms with van der Waals surface area (Å²) in [6.07, 6.45) is -12.5. The maximum atomic E-state index is 13.4. The van der Waals surface area contributed by atoms with Gasteiger partial charge in [0, 0.05) is 0 Å². The summed E-state index contributed by atoms with van der Waals surface area (Å²) >= 11 is 22.1. The van der Waals surface area contributed by atoms with Crippen LogP contribution in [0.4, 0.5) is 35.1 Å². The average molecular weight is 548 g/mol. The number of benzene rings is 2. The first-order valence-corrected chi connectivity index (χ1v) is 10.4. The van der Waals surface area contributed by atoms with Crippen LogP contribution in [0.15, 0.2) is 48.5 Å². The van der Waals surface area contributed by atoms with E-state index >= 15 is 0 Å². The topological polar surface area (TPSA) is 0 Å². The lowest BCUT2D eigenvalue weighted by Gasteiger charge is -2.36. The van der Waals surface area contributed by atoms with Crippen molar-refractivity contribution in [3.63, 3.8) is 0 Å². The number of alkyl halides is 10. The van der Waals surface area contributed by atoms with E-state index in [0.717, 1.165) is 48.5 Å². The van der Waals surface area contributed by atoms with E-state index in [1.807, 2.05) is 0 Å². The highest BCUT2D eigenvalue weighted by Gasteiger charge is 2.57. The molecule has 0 N–H and O–H groups in total.